The van der Waals surface area contributed by atoms with Gasteiger partial charge in [-0.2, -0.15) is 0 Å². The molecule has 0 aliphatic carbocycles. The molecule has 1 fully saturated rings. The van der Waals surface area contributed by atoms with Crippen LogP contribution in [-0.2, 0) is 4.79 Å². The summed E-state index contributed by atoms with van der Waals surface area (Å²) in [6, 6.07) is 4.99. The zero-order valence-electron chi connectivity index (χ0n) is 9.47. The summed E-state index contributed by atoms with van der Waals surface area (Å²) in [6.07, 6.45) is 1.01. The fourth-order valence-electron chi connectivity index (χ4n) is 2.00. The predicted octanol–water partition coefficient (Wildman–Crippen LogP) is 2.93. The first-order chi connectivity index (χ1) is 8.09. The molecule has 2 unspecified atom stereocenters. The number of hydrogen-bond acceptors (Lipinski definition) is 2. The van der Waals surface area contributed by atoms with E-state index < -0.39 is 0 Å². The van der Waals surface area contributed by atoms with E-state index in [1.807, 2.05) is 0 Å². The van der Waals surface area contributed by atoms with Crippen molar-refractivity contribution in [3.63, 3.8) is 0 Å². The molecule has 0 spiro atoms. The number of carbonyl (C=O) groups is 1. The van der Waals surface area contributed by atoms with Crippen LogP contribution in [0.3, 0.4) is 0 Å². The van der Waals surface area contributed by atoms with Crippen LogP contribution < -0.4 is 10.6 Å². The maximum Gasteiger partial charge on any atom is 0.241 e. The Kier molecular flexibility index (Phi) is 3.92. The van der Waals surface area contributed by atoms with Gasteiger partial charge < -0.3 is 10.6 Å². The van der Waals surface area contributed by atoms with Crippen molar-refractivity contribution >= 4 is 34.8 Å². The number of hydrogen-bond donors (Lipinski definition) is 2. The second kappa shape index (κ2) is 5.25. The smallest absolute Gasteiger partial charge is 0.241 e. The van der Waals surface area contributed by atoms with E-state index in [1.165, 1.54) is 0 Å². The van der Waals surface area contributed by atoms with Gasteiger partial charge in [-0.1, -0.05) is 36.2 Å². The average Bonchev–Trinajstić information content (AvgIpc) is 2.70. The lowest BCUT2D eigenvalue weighted by molar-refractivity contribution is -0.118. The largest absolute Gasteiger partial charge is 0.322 e. The zero-order chi connectivity index (χ0) is 12.4. The van der Waals surface area contributed by atoms with Crippen LogP contribution in [-0.4, -0.2) is 18.5 Å². The number of amides is 1. The van der Waals surface area contributed by atoms with Crippen LogP contribution in [0.15, 0.2) is 18.2 Å². The topological polar surface area (TPSA) is 41.1 Å². The van der Waals surface area contributed by atoms with Gasteiger partial charge in [0.25, 0.3) is 0 Å². The lowest BCUT2D eigenvalue weighted by atomic mass is 10.0. The molecule has 1 saturated heterocycles. The molecule has 1 heterocycles. The third-order valence-electron chi connectivity index (χ3n) is 3.03. The molecular formula is C12H14Cl2N2O. The van der Waals surface area contributed by atoms with E-state index in [4.69, 9.17) is 23.2 Å². The zero-order valence-corrected chi connectivity index (χ0v) is 11.0. The summed E-state index contributed by atoms with van der Waals surface area (Å²) in [6.45, 7) is 2.92. The average molecular weight is 273 g/mol. The van der Waals surface area contributed by atoms with Crippen LogP contribution in [0.4, 0.5) is 5.69 Å². The summed E-state index contributed by atoms with van der Waals surface area (Å²) >= 11 is 12.0. The first-order valence-corrected chi connectivity index (χ1v) is 6.33. The molecule has 17 heavy (non-hydrogen) atoms. The van der Waals surface area contributed by atoms with Crippen LogP contribution in [0.25, 0.3) is 0 Å². The van der Waals surface area contributed by atoms with Gasteiger partial charge >= 0.3 is 0 Å². The summed E-state index contributed by atoms with van der Waals surface area (Å²) in [5.74, 6) is 0.251. The van der Waals surface area contributed by atoms with Crippen molar-refractivity contribution < 1.29 is 4.79 Å². The maximum absolute atomic E-state index is 12.0. The van der Waals surface area contributed by atoms with Gasteiger partial charge in [0.05, 0.1) is 21.8 Å². The second-order valence-electron chi connectivity index (χ2n) is 4.28. The molecule has 92 valence electrons. The molecule has 2 atom stereocenters. The van der Waals surface area contributed by atoms with Gasteiger partial charge in [-0.15, -0.1) is 0 Å². The molecule has 0 saturated carbocycles. The van der Waals surface area contributed by atoms with Crippen molar-refractivity contribution in [3.8, 4) is 0 Å². The van der Waals surface area contributed by atoms with E-state index in [-0.39, 0.29) is 11.9 Å². The fourth-order valence-corrected chi connectivity index (χ4v) is 2.50. The molecule has 0 radical (unpaired) electrons. The van der Waals surface area contributed by atoms with Gasteiger partial charge in [0.2, 0.25) is 5.91 Å². The Labute approximate surface area is 110 Å². The van der Waals surface area contributed by atoms with Crippen LogP contribution in [0, 0.1) is 5.92 Å². The summed E-state index contributed by atoms with van der Waals surface area (Å²) in [4.78, 5) is 12.0. The molecule has 2 N–H and O–H groups in total. The Bertz CT molecular complexity index is 416. The van der Waals surface area contributed by atoms with E-state index in [2.05, 4.69) is 17.6 Å². The Balaban J connectivity index is 2.13. The highest BCUT2D eigenvalue weighted by atomic mass is 35.5. The minimum absolute atomic E-state index is 0.0787. The minimum atomic E-state index is -0.165. The fraction of sp³-hybridized carbons (Fsp3) is 0.417. The van der Waals surface area contributed by atoms with Crippen LogP contribution in [0.5, 0.6) is 0 Å². The van der Waals surface area contributed by atoms with Crippen LogP contribution >= 0.6 is 23.2 Å². The maximum atomic E-state index is 12.0. The van der Waals surface area contributed by atoms with Gasteiger partial charge in [-0.3, -0.25) is 4.79 Å². The quantitative estimate of drug-likeness (QED) is 0.869. The standard InChI is InChI=1S/C12H14Cl2N2O/c1-7-5-6-15-10(7)12(17)16-11-8(13)3-2-4-9(11)14/h2-4,7,10,15H,5-6H2,1H3,(H,16,17). The molecule has 1 aliphatic rings. The monoisotopic (exact) mass is 272 g/mol. The van der Waals surface area contributed by atoms with Gasteiger partial charge in [-0.25, -0.2) is 0 Å². The molecule has 0 bridgehead atoms. The Hall–Kier alpha value is -0.770. The Morgan fingerprint density at radius 1 is 1.41 bits per heavy atom. The van der Waals surface area contributed by atoms with Crippen molar-refractivity contribution in [3.05, 3.63) is 28.2 Å². The van der Waals surface area contributed by atoms with E-state index in [9.17, 15) is 4.79 Å². The lowest BCUT2D eigenvalue weighted by Gasteiger charge is -2.16. The van der Waals surface area contributed by atoms with E-state index in [1.54, 1.807) is 18.2 Å². The van der Waals surface area contributed by atoms with E-state index >= 15 is 0 Å². The number of nitrogens with one attached hydrogen (secondary N) is 2. The van der Waals surface area contributed by atoms with Crippen molar-refractivity contribution in [2.75, 3.05) is 11.9 Å². The summed E-state index contributed by atoms with van der Waals surface area (Å²) in [5, 5.41) is 6.86. The molecule has 1 amide bonds. The molecule has 1 aromatic carbocycles. The van der Waals surface area contributed by atoms with Gasteiger partial charge in [0.15, 0.2) is 0 Å². The highest BCUT2D eigenvalue weighted by Gasteiger charge is 2.29. The number of halogens is 2. The number of carbonyl (C=O) groups excluding carboxylic acids is 1. The third kappa shape index (κ3) is 2.73. The van der Waals surface area contributed by atoms with Gasteiger partial charge in [0.1, 0.15) is 0 Å². The SMILES string of the molecule is CC1CCNC1C(=O)Nc1c(Cl)cccc1Cl. The molecule has 5 heteroatoms. The Morgan fingerprint density at radius 3 is 2.59 bits per heavy atom. The molecule has 0 aromatic heterocycles. The van der Waals surface area contributed by atoms with Crippen LogP contribution in [0.2, 0.25) is 10.0 Å². The van der Waals surface area contributed by atoms with Crippen molar-refractivity contribution in [2.24, 2.45) is 5.92 Å². The lowest BCUT2D eigenvalue weighted by Crippen LogP contribution is -2.39. The summed E-state index contributed by atoms with van der Waals surface area (Å²) in [5.41, 5.74) is 0.488. The van der Waals surface area contributed by atoms with Crippen LogP contribution in [0.1, 0.15) is 13.3 Å². The molecule has 1 aromatic rings. The summed E-state index contributed by atoms with van der Waals surface area (Å²) < 4.78 is 0. The van der Waals surface area contributed by atoms with E-state index in [0.29, 0.717) is 21.7 Å². The molecule has 1 aliphatic heterocycles. The Morgan fingerprint density at radius 2 is 2.06 bits per heavy atom. The second-order valence-corrected chi connectivity index (χ2v) is 5.10. The summed E-state index contributed by atoms with van der Waals surface area (Å²) in [7, 11) is 0. The molecule has 2 rings (SSSR count). The minimum Gasteiger partial charge on any atom is -0.322 e. The highest BCUT2D eigenvalue weighted by Crippen LogP contribution is 2.30. The molecule has 3 nitrogen and oxygen atoms in total. The van der Waals surface area contributed by atoms with Crippen molar-refractivity contribution in [1.82, 2.24) is 5.32 Å². The number of para-hydroxylation sites is 1. The van der Waals surface area contributed by atoms with Crippen molar-refractivity contribution in [1.29, 1.82) is 0 Å². The van der Waals surface area contributed by atoms with Gasteiger partial charge in [0, 0.05) is 0 Å². The predicted molar refractivity (Wildman–Crippen MR) is 70.7 cm³/mol. The number of rotatable bonds is 2. The molecular weight excluding hydrogens is 259 g/mol. The first-order valence-electron chi connectivity index (χ1n) is 5.58. The number of anilines is 1. The highest BCUT2D eigenvalue weighted by molar-refractivity contribution is 6.39. The normalized spacial score (nSPS) is 23.7. The van der Waals surface area contributed by atoms with Gasteiger partial charge in [-0.05, 0) is 31.0 Å². The number of benzene rings is 1. The van der Waals surface area contributed by atoms with Crippen molar-refractivity contribution in [2.45, 2.75) is 19.4 Å². The third-order valence-corrected chi connectivity index (χ3v) is 3.66. The first kappa shape index (κ1) is 12.7. The van der Waals surface area contributed by atoms with E-state index in [0.717, 1.165) is 13.0 Å².